The Labute approximate surface area is 129 Å². The Morgan fingerprint density at radius 3 is 2.67 bits per heavy atom. The molecule has 0 fully saturated rings. The molecule has 1 N–H and O–H groups in total. The third kappa shape index (κ3) is 4.76. The van der Waals surface area contributed by atoms with E-state index in [0.29, 0.717) is 17.3 Å². The number of nitrogens with zero attached hydrogens (tertiary/aromatic N) is 2. The number of carbonyl (C=O) groups is 1. The maximum Gasteiger partial charge on any atom is 0.272 e. The van der Waals surface area contributed by atoms with Gasteiger partial charge in [-0.2, -0.15) is 0 Å². The first-order chi connectivity index (χ1) is 10.2. The van der Waals surface area contributed by atoms with E-state index in [1.807, 2.05) is 30.3 Å². The summed E-state index contributed by atoms with van der Waals surface area (Å²) in [6.45, 7) is 1.48. The molecule has 4 nitrogen and oxygen atoms in total. The fourth-order valence-corrected chi connectivity index (χ4v) is 2.02. The number of pyridine rings is 1. The molecule has 0 saturated carbocycles. The number of amides is 1. The van der Waals surface area contributed by atoms with Crippen molar-refractivity contribution in [2.75, 3.05) is 25.5 Å². The van der Waals surface area contributed by atoms with Crippen molar-refractivity contribution < 1.29 is 4.79 Å². The van der Waals surface area contributed by atoms with Gasteiger partial charge in [0.2, 0.25) is 0 Å². The van der Waals surface area contributed by atoms with Crippen LogP contribution in [0.3, 0.4) is 0 Å². The predicted molar refractivity (Wildman–Crippen MR) is 85.8 cm³/mol. The molecule has 2 aromatic rings. The molecule has 0 radical (unpaired) electrons. The summed E-state index contributed by atoms with van der Waals surface area (Å²) in [6.07, 6.45) is 2.35. The van der Waals surface area contributed by atoms with Crippen LogP contribution in [-0.2, 0) is 0 Å². The quantitative estimate of drug-likeness (QED) is 0.833. The molecule has 2 rings (SSSR count). The molecule has 1 aromatic carbocycles. The van der Waals surface area contributed by atoms with Crippen LogP contribution in [0.4, 0.5) is 5.69 Å². The van der Waals surface area contributed by atoms with Gasteiger partial charge in [0.15, 0.2) is 0 Å². The second-order valence-electron chi connectivity index (χ2n) is 4.73. The number of halogens is 1. The predicted octanol–water partition coefficient (Wildman–Crippen LogP) is 3.31. The summed E-state index contributed by atoms with van der Waals surface area (Å²) in [5.41, 5.74) is 1.50. The lowest BCUT2D eigenvalue weighted by atomic mass is 10.3. The van der Waals surface area contributed by atoms with E-state index in [4.69, 9.17) is 11.6 Å². The Kier molecular flexibility index (Phi) is 5.58. The lowest BCUT2D eigenvalue weighted by Crippen LogP contribution is -2.29. The minimum absolute atomic E-state index is 0.0913. The molecule has 0 saturated heterocycles. The molecule has 1 amide bonds. The van der Waals surface area contributed by atoms with Gasteiger partial charge in [0.05, 0.1) is 5.02 Å². The third-order valence-electron chi connectivity index (χ3n) is 3.07. The van der Waals surface area contributed by atoms with Crippen molar-refractivity contribution in [3.05, 3.63) is 59.4 Å². The number of carbonyl (C=O) groups excluding carboxylic acids is 1. The van der Waals surface area contributed by atoms with Crippen molar-refractivity contribution in [3.63, 3.8) is 0 Å². The molecule has 0 aliphatic rings. The van der Waals surface area contributed by atoms with Crippen molar-refractivity contribution in [3.8, 4) is 0 Å². The summed E-state index contributed by atoms with van der Waals surface area (Å²) in [4.78, 5) is 17.8. The van der Waals surface area contributed by atoms with Crippen LogP contribution in [0.25, 0.3) is 0 Å². The highest BCUT2D eigenvalue weighted by atomic mass is 35.5. The second-order valence-corrected chi connectivity index (χ2v) is 5.17. The summed E-state index contributed by atoms with van der Waals surface area (Å²) in [5, 5.41) is 3.84. The Balaban J connectivity index is 1.75. The zero-order chi connectivity index (χ0) is 15.1. The molecule has 21 heavy (non-hydrogen) atoms. The van der Waals surface area contributed by atoms with Crippen LogP contribution < -0.4 is 5.32 Å². The molecule has 0 aliphatic heterocycles. The van der Waals surface area contributed by atoms with Crippen LogP contribution in [0.15, 0.2) is 48.7 Å². The monoisotopic (exact) mass is 303 g/mol. The third-order valence-corrected chi connectivity index (χ3v) is 3.29. The molecule has 0 bridgehead atoms. The number of hydrogen-bond acceptors (Lipinski definition) is 3. The van der Waals surface area contributed by atoms with Crippen LogP contribution in [0.5, 0.6) is 0 Å². The van der Waals surface area contributed by atoms with E-state index < -0.39 is 0 Å². The van der Waals surface area contributed by atoms with Crippen molar-refractivity contribution in [2.45, 2.75) is 6.42 Å². The first-order valence-electron chi connectivity index (χ1n) is 6.83. The van der Waals surface area contributed by atoms with Gasteiger partial charge in [0.25, 0.3) is 5.91 Å². The van der Waals surface area contributed by atoms with E-state index in [-0.39, 0.29) is 5.91 Å². The number of rotatable bonds is 6. The summed E-state index contributed by atoms with van der Waals surface area (Å²) >= 11 is 5.76. The summed E-state index contributed by atoms with van der Waals surface area (Å²) in [7, 11) is 1.78. The van der Waals surface area contributed by atoms with Crippen LogP contribution in [-0.4, -0.2) is 35.9 Å². The number of hydrogen-bond donors (Lipinski definition) is 1. The van der Waals surface area contributed by atoms with Gasteiger partial charge in [-0.25, -0.2) is 4.98 Å². The molecule has 110 valence electrons. The van der Waals surface area contributed by atoms with Gasteiger partial charge in [0.1, 0.15) is 5.69 Å². The second kappa shape index (κ2) is 7.64. The minimum atomic E-state index is -0.0913. The van der Waals surface area contributed by atoms with Gasteiger partial charge in [-0.1, -0.05) is 29.8 Å². The topological polar surface area (TPSA) is 45.2 Å². The van der Waals surface area contributed by atoms with Gasteiger partial charge in [-0.05, 0) is 30.7 Å². The Bertz CT molecular complexity index is 572. The SMILES string of the molecule is CN(CCCNc1ccccc1)C(=O)c1ccc(Cl)cn1. The van der Waals surface area contributed by atoms with Crippen molar-refractivity contribution in [1.82, 2.24) is 9.88 Å². The Hall–Kier alpha value is -2.07. The average molecular weight is 304 g/mol. The lowest BCUT2D eigenvalue weighted by Gasteiger charge is -2.17. The maximum absolute atomic E-state index is 12.1. The first kappa shape index (κ1) is 15.3. The van der Waals surface area contributed by atoms with Crippen molar-refractivity contribution >= 4 is 23.2 Å². The summed E-state index contributed by atoms with van der Waals surface area (Å²) < 4.78 is 0. The zero-order valence-electron chi connectivity index (χ0n) is 11.9. The van der Waals surface area contributed by atoms with E-state index in [1.54, 1.807) is 24.1 Å². The molecule has 1 heterocycles. The van der Waals surface area contributed by atoms with Crippen molar-refractivity contribution in [1.29, 1.82) is 0 Å². The highest BCUT2D eigenvalue weighted by molar-refractivity contribution is 6.30. The van der Waals surface area contributed by atoms with Crippen LogP contribution >= 0.6 is 11.6 Å². The van der Waals surface area contributed by atoms with Gasteiger partial charge >= 0.3 is 0 Å². The van der Waals surface area contributed by atoms with Gasteiger partial charge < -0.3 is 10.2 Å². The molecule has 0 unspecified atom stereocenters. The zero-order valence-corrected chi connectivity index (χ0v) is 12.7. The number of nitrogens with one attached hydrogen (secondary N) is 1. The maximum atomic E-state index is 12.1. The summed E-state index contributed by atoms with van der Waals surface area (Å²) in [6, 6.07) is 13.3. The van der Waals surface area contributed by atoms with Crippen LogP contribution in [0.2, 0.25) is 5.02 Å². The molecule has 0 aliphatic carbocycles. The molecule has 5 heteroatoms. The van der Waals surface area contributed by atoms with Gasteiger partial charge in [-0.3, -0.25) is 4.79 Å². The fraction of sp³-hybridized carbons (Fsp3) is 0.250. The minimum Gasteiger partial charge on any atom is -0.385 e. The molecule has 0 atom stereocenters. The van der Waals surface area contributed by atoms with E-state index in [0.717, 1.165) is 18.7 Å². The van der Waals surface area contributed by atoms with Crippen LogP contribution in [0, 0.1) is 0 Å². The van der Waals surface area contributed by atoms with Gasteiger partial charge in [-0.15, -0.1) is 0 Å². The Morgan fingerprint density at radius 1 is 1.24 bits per heavy atom. The van der Waals surface area contributed by atoms with E-state index in [9.17, 15) is 4.79 Å². The number of aromatic nitrogens is 1. The largest absolute Gasteiger partial charge is 0.385 e. The molecular formula is C16H18ClN3O. The average Bonchev–Trinajstić information content (AvgIpc) is 2.52. The van der Waals surface area contributed by atoms with Crippen LogP contribution in [0.1, 0.15) is 16.9 Å². The first-order valence-corrected chi connectivity index (χ1v) is 7.20. The van der Waals surface area contributed by atoms with Gasteiger partial charge in [0, 0.05) is 32.0 Å². The molecule has 1 aromatic heterocycles. The number of benzene rings is 1. The molecular weight excluding hydrogens is 286 g/mol. The molecule has 0 spiro atoms. The number of anilines is 1. The fourth-order valence-electron chi connectivity index (χ4n) is 1.90. The Morgan fingerprint density at radius 2 is 2.00 bits per heavy atom. The number of para-hydroxylation sites is 1. The van der Waals surface area contributed by atoms with Crippen molar-refractivity contribution in [2.24, 2.45) is 0 Å². The lowest BCUT2D eigenvalue weighted by molar-refractivity contribution is 0.0789. The van der Waals surface area contributed by atoms with E-state index in [1.165, 1.54) is 6.20 Å². The normalized spacial score (nSPS) is 10.2. The smallest absolute Gasteiger partial charge is 0.272 e. The van der Waals surface area contributed by atoms with E-state index >= 15 is 0 Å². The highest BCUT2D eigenvalue weighted by Gasteiger charge is 2.12. The summed E-state index contributed by atoms with van der Waals surface area (Å²) in [5.74, 6) is -0.0913. The highest BCUT2D eigenvalue weighted by Crippen LogP contribution is 2.08. The standard InChI is InChI=1S/C16H18ClN3O/c1-20(16(21)15-9-8-13(17)12-19-15)11-5-10-18-14-6-3-2-4-7-14/h2-4,6-9,12,18H,5,10-11H2,1H3. The van der Waals surface area contributed by atoms with E-state index in [2.05, 4.69) is 10.3 Å².